The normalized spacial score (nSPS) is 16.6. The van der Waals surface area contributed by atoms with Crippen LogP contribution in [0, 0.1) is 5.41 Å². The molecular weight excluding hydrogens is 352 g/mol. The molecule has 1 heterocycles. The Morgan fingerprint density at radius 1 is 1.43 bits per heavy atom. The molecule has 0 bridgehead atoms. The predicted octanol–water partition coefficient (Wildman–Crippen LogP) is 3.97. The number of carbonyl (C=O) groups is 1. The first-order valence-electron chi connectivity index (χ1n) is 6.99. The molecule has 0 spiro atoms. The number of carbonyl (C=O) groups excluding carboxylic acids is 1. The first-order chi connectivity index (χ1) is 9.74. The van der Waals surface area contributed by atoms with Gasteiger partial charge in [-0.05, 0) is 34.2 Å². The summed E-state index contributed by atoms with van der Waals surface area (Å²) in [6, 6.07) is 1.94. The van der Waals surface area contributed by atoms with Gasteiger partial charge in [0.25, 0.3) is 0 Å². The fourth-order valence-corrected chi connectivity index (χ4v) is 3.69. The lowest BCUT2D eigenvalue weighted by Crippen LogP contribution is -2.17. The van der Waals surface area contributed by atoms with Crippen LogP contribution >= 0.6 is 27.7 Å². The molecule has 1 aromatic heterocycles. The zero-order valence-electron chi connectivity index (χ0n) is 12.9. The number of esters is 1. The number of hydrogen-bond donors (Lipinski definition) is 0. The molecule has 21 heavy (non-hydrogen) atoms. The number of ether oxygens (including phenoxy) is 1. The van der Waals surface area contributed by atoms with E-state index in [2.05, 4.69) is 46.7 Å². The number of nitrogens with zero attached hydrogens (tertiary/aromatic N) is 2. The average molecular weight is 373 g/mol. The van der Waals surface area contributed by atoms with E-state index in [-0.39, 0.29) is 16.8 Å². The van der Waals surface area contributed by atoms with Crippen LogP contribution in [-0.4, -0.2) is 28.8 Å². The third-order valence-electron chi connectivity index (χ3n) is 3.57. The molecule has 1 aromatic rings. The molecule has 0 amide bonds. The molecule has 0 radical (unpaired) electrons. The summed E-state index contributed by atoms with van der Waals surface area (Å²) in [5, 5.41) is 0.956. The number of thioether (sulfide) groups is 1. The minimum absolute atomic E-state index is 0.0810. The van der Waals surface area contributed by atoms with E-state index in [0.717, 1.165) is 34.0 Å². The Labute approximate surface area is 138 Å². The molecule has 1 saturated carbocycles. The molecule has 4 nitrogen and oxygen atoms in total. The molecule has 1 aliphatic carbocycles. The Hall–Kier alpha value is -0.620. The summed E-state index contributed by atoms with van der Waals surface area (Å²) >= 11 is 5.15. The van der Waals surface area contributed by atoms with Crippen LogP contribution in [0.25, 0.3) is 0 Å². The lowest BCUT2D eigenvalue weighted by Gasteiger charge is -2.18. The van der Waals surface area contributed by atoms with Gasteiger partial charge in [-0.1, -0.05) is 20.8 Å². The molecule has 1 aliphatic rings. The molecular formula is C15H21BrN2O2S. The second-order valence-electron chi connectivity index (χ2n) is 6.64. The van der Waals surface area contributed by atoms with Crippen LogP contribution in [0.4, 0.5) is 0 Å². The van der Waals surface area contributed by atoms with Crippen molar-refractivity contribution in [2.75, 3.05) is 12.9 Å². The van der Waals surface area contributed by atoms with Crippen molar-refractivity contribution in [2.45, 2.75) is 50.5 Å². The smallest absolute Gasteiger partial charge is 0.306 e. The third kappa shape index (κ3) is 4.68. The summed E-state index contributed by atoms with van der Waals surface area (Å²) in [7, 11) is 1.45. The molecule has 0 aromatic carbocycles. The highest BCUT2D eigenvalue weighted by Gasteiger charge is 2.44. The van der Waals surface area contributed by atoms with Crippen molar-refractivity contribution in [3.8, 4) is 0 Å². The van der Waals surface area contributed by atoms with Crippen LogP contribution in [0.5, 0.6) is 0 Å². The summed E-state index contributed by atoms with van der Waals surface area (Å²) in [6.07, 6.45) is 2.69. The van der Waals surface area contributed by atoms with Crippen LogP contribution in [0.2, 0.25) is 0 Å². The maximum atomic E-state index is 11.5. The molecule has 0 unspecified atom stereocenters. The topological polar surface area (TPSA) is 52.1 Å². The standard InChI is InChI=1S/C15H21BrN2O2S/c1-14(2,3)13-17-10(16)7-11(18-13)21-9-15(5-6-15)8-12(19)20-4/h7H,5-6,8-9H2,1-4H3. The minimum Gasteiger partial charge on any atom is -0.469 e. The van der Waals surface area contributed by atoms with Crippen molar-refractivity contribution >= 4 is 33.7 Å². The third-order valence-corrected chi connectivity index (χ3v) is 5.24. The largest absolute Gasteiger partial charge is 0.469 e. The molecule has 116 valence electrons. The van der Waals surface area contributed by atoms with Crippen LogP contribution in [-0.2, 0) is 14.9 Å². The molecule has 2 rings (SSSR count). The second kappa shape index (κ2) is 6.24. The highest BCUT2D eigenvalue weighted by Crippen LogP contribution is 2.52. The van der Waals surface area contributed by atoms with Crippen molar-refractivity contribution in [3.63, 3.8) is 0 Å². The Morgan fingerprint density at radius 3 is 2.62 bits per heavy atom. The summed E-state index contributed by atoms with van der Waals surface area (Å²) in [4.78, 5) is 20.5. The Morgan fingerprint density at radius 2 is 2.10 bits per heavy atom. The first-order valence-corrected chi connectivity index (χ1v) is 8.77. The molecule has 0 N–H and O–H groups in total. The monoisotopic (exact) mass is 372 g/mol. The molecule has 1 fully saturated rings. The van der Waals surface area contributed by atoms with Gasteiger partial charge in [0.15, 0.2) is 0 Å². The number of hydrogen-bond acceptors (Lipinski definition) is 5. The van der Waals surface area contributed by atoms with Gasteiger partial charge in [-0.2, -0.15) is 0 Å². The lowest BCUT2D eigenvalue weighted by atomic mass is 9.96. The van der Waals surface area contributed by atoms with Gasteiger partial charge in [0.2, 0.25) is 0 Å². The van der Waals surface area contributed by atoms with Gasteiger partial charge in [-0.3, -0.25) is 4.79 Å². The van der Waals surface area contributed by atoms with E-state index in [1.165, 1.54) is 7.11 Å². The van der Waals surface area contributed by atoms with Gasteiger partial charge in [0, 0.05) is 17.2 Å². The maximum Gasteiger partial charge on any atom is 0.306 e. The van der Waals surface area contributed by atoms with Crippen molar-refractivity contribution in [1.29, 1.82) is 0 Å². The van der Waals surface area contributed by atoms with Crippen molar-refractivity contribution in [3.05, 3.63) is 16.5 Å². The summed E-state index contributed by atoms with van der Waals surface area (Å²) < 4.78 is 5.59. The van der Waals surface area contributed by atoms with E-state index in [9.17, 15) is 4.79 Å². The van der Waals surface area contributed by atoms with Crippen molar-refractivity contribution in [2.24, 2.45) is 5.41 Å². The Balaban J connectivity index is 2.04. The highest BCUT2D eigenvalue weighted by molar-refractivity contribution is 9.10. The summed E-state index contributed by atoms with van der Waals surface area (Å²) in [5.74, 6) is 1.61. The highest BCUT2D eigenvalue weighted by atomic mass is 79.9. The molecule has 0 saturated heterocycles. The van der Waals surface area contributed by atoms with Crippen molar-refractivity contribution in [1.82, 2.24) is 9.97 Å². The maximum absolute atomic E-state index is 11.5. The van der Waals surface area contributed by atoms with E-state index in [1.54, 1.807) is 11.8 Å². The summed E-state index contributed by atoms with van der Waals surface area (Å²) in [5.41, 5.74) is 0.0272. The first kappa shape index (κ1) is 16.7. The van der Waals surface area contributed by atoms with E-state index >= 15 is 0 Å². The predicted molar refractivity (Wildman–Crippen MR) is 87.5 cm³/mol. The molecule has 6 heteroatoms. The van der Waals surface area contributed by atoms with Crippen molar-refractivity contribution < 1.29 is 9.53 Å². The number of methoxy groups -OCH3 is 1. The zero-order valence-corrected chi connectivity index (χ0v) is 15.3. The Bertz CT molecular complexity index is 539. The van der Waals surface area contributed by atoms with E-state index in [4.69, 9.17) is 4.74 Å². The number of halogens is 1. The number of aromatic nitrogens is 2. The van der Waals surface area contributed by atoms with Gasteiger partial charge in [0.05, 0.1) is 13.5 Å². The Kier molecular flexibility index (Phi) is 4.98. The number of rotatable bonds is 5. The fourth-order valence-electron chi connectivity index (χ4n) is 1.96. The lowest BCUT2D eigenvalue weighted by molar-refractivity contribution is -0.141. The van der Waals surface area contributed by atoms with Gasteiger partial charge < -0.3 is 4.74 Å². The van der Waals surface area contributed by atoms with E-state index in [1.807, 2.05) is 6.07 Å². The van der Waals surface area contributed by atoms with E-state index in [0.29, 0.717) is 6.42 Å². The van der Waals surface area contributed by atoms with Crippen LogP contribution in [0.15, 0.2) is 15.7 Å². The minimum atomic E-state index is -0.118. The van der Waals surface area contributed by atoms with Crippen LogP contribution in [0.1, 0.15) is 45.9 Å². The second-order valence-corrected chi connectivity index (χ2v) is 8.45. The average Bonchev–Trinajstić information content (AvgIpc) is 3.15. The van der Waals surface area contributed by atoms with Gasteiger partial charge in [0.1, 0.15) is 15.5 Å². The van der Waals surface area contributed by atoms with Gasteiger partial charge in [-0.25, -0.2) is 9.97 Å². The van der Waals surface area contributed by atoms with Gasteiger partial charge in [-0.15, -0.1) is 11.8 Å². The summed E-state index contributed by atoms with van der Waals surface area (Å²) in [6.45, 7) is 6.30. The van der Waals surface area contributed by atoms with Gasteiger partial charge >= 0.3 is 5.97 Å². The fraction of sp³-hybridized carbons (Fsp3) is 0.667. The quantitative estimate of drug-likeness (QED) is 0.444. The zero-order chi connectivity index (χ0) is 15.7. The van der Waals surface area contributed by atoms with E-state index < -0.39 is 0 Å². The van der Waals surface area contributed by atoms with Crippen LogP contribution < -0.4 is 0 Å². The molecule has 0 aliphatic heterocycles. The SMILES string of the molecule is COC(=O)CC1(CSc2cc(Br)nc(C(C)(C)C)n2)CC1. The van der Waals surface area contributed by atoms with Crippen LogP contribution in [0.3, 0.4) is 0 Å². The molecule has 0 atom stereocenters.